The Balaban J connectivity index is 1.67. The lowest BCUT2D eigenvalue weighted by molar-refractivity contribution is -0.148. The van der Waals surface area contributed by atoms with Crippen LogP contribution in [-0.2, 0) is 14.3 Å². The largest absolute Gasteiger partial charge is 0.481 e. The minimum atomic E-state index is -0.923. The molecule has 2 saturated carbocycles. The summed E-state index contributed by atoms with van der Waals surface area (Å²) in [5, 5.41) is 15.0. The van der Waals surface area contributed by atoms with E-state index in [2.05, 4.69) is 5.32 Å². The maximum atomic E-state index is 13.0. The second kappa shape index (κ2) is 7.80. The maximum Gasteiger partial charge on any atom is 0.341 e. The summed E-state index contributed by atoms with van der Waals surface area (Å²) in [5.41, 5.74) is 1.47. The van der Waals surface area contributed by atoms with E-state index >= 15 is 0 Å². The number of carboxylic acids is 1. The van der Waals surface area contributed by atoms with E-state index < -0.39 is 23.8 Å². The fourth-order valence-corrected chi connectivity index (χ4v) is 6.04. The second-order valence-electron chi connectivity index (χ2n) is 7.54. The molecule has 0 aliphatic heterocycles. The van der Waals surface area contributed by atoms with Crippen LogP contribution in [0, 0.1) is 23.7 Å². The molecule has 1 amide bonds. The molecular formula is C21H20ClNO5S. The van der Waals surface area contributed by atoms with Crippen molar-refractivity contribution in [3.05, 3.63) is 40.2 Å². The Hall–Kier alpha value is -2.38. The number of aliphatic carboxylic acids is 1. The van der Waals surface area contributed by atoms with Crippen LogP contribution in [0.4, 0.5) is 5.00 Å². The number of rotatable bonds is 5. The Morgan fingerprint density at radius 3 is 2.48 bits per heavy atom. The van der Waals surface area contributed by atoms with Gasteiger partial charge in [0.25, 0.3) is 0 Å². The normalized spacial score (nSPS) is 25.0. The lowest BCUT2D eigenvalue weighted by atomic mass is 9.79. The number of amides is 1. The van der Waals surface area contributed by atoms with Crippen molar-refractivity contribution in [1.82, 2.24) is 0 Å². The Morgan fingerprint density at radius 2 is 1.83 bits per heavy atom. The van der Waals surface area contributed by atoms with Gasteiger partial charge < -0.3 is 15.2 Å². The van der Waals surface area contributed by atoms with Crippen molar-refractivity contribution < 1.29 is 24.2 Å². The highest BCUT2D eigenvalue weighted by Gasteiger charge is 2.54. The van der Waals surface area contributed by atoms with Gasteiger partial charge in [-0.15, -0.1) is 11.3 Å². The first-order valence-electron chi connectivity index (χ1n) is 9.40. The van der Waals surface area contributed by atoms with Crippen LogP contribution in [0.2, 0.25) is 5.02 Å². The molecule has 2 aromatic rings. The first-order chi connectivity index (χ1) is 13.9. The van der Waals surface area contributed by atoms with Gasteiger partial charge in [0.05, 0.1) is 18.9 Å². The highest BCUT2D eigenvalue weighted by molar-refractivity contribution is 7.15. The fourth-order valence-electron chi connectivity index (χ4n) is 4.85. The van der Waals surface area contributed by atoms with E-state index in [0.717, 1.165) is 19.3 Å². The van der Waals surface area contributed by atoms with Crippen molar-refractivity contribution in [3.63, 3.8) is 0 Å². The molecule has 4 unspecified atom stereocenters. The molecule has 4 rings (SSSR count). The number of ether oxygens (including phenoxy) is 1. The number of anilines is 1. The third-order valence-electron chi connectivity index (χ3n) is 6.09. The number of carbonyl (C=O) groups is 3. The molecule has 2 N–H and O–H groups in total. The summed E-state index contributed by atoms with van der Waals surface area (Å²) in [4.78, 5) is 37.3. The molecule has 1 aromatic heterocycles. The van der Waals surface area contributed by atoms with Gasteiger partial charge in [-0.05, 0) is 37.2 Å². The number of esters is 1. The quantitative estimate of drug-likeness (QED) is 0.675. The van der Waals surface area contributed by atoms with Crippen LogP contribution >= 0.6 is 22.9 Å². The highest BCUT2D eigenvalue weighted by atomic mass is 35.5. The number of hydrogen-bond acceptors (Lipinski definition) is 5. The van der Waals surface area contributed by atoms with Gasteiger partial charge >= 0.3 is 11.9 Å². The summed E-state index contributed by atoms with van der Waals surface area (Å²) in [7, 11) is 1.28. The van der Waals surface area contributed by atoms with Gasteiger partial charge in [0.15, 0.2) is 0 Å². The van der Waals surface area contributed by atoms with Crippen molar-refractivity contribution in [2.24, 2.45) is 23.7 Å². The van der Waals surface area contributed by atoms with Crippen LogP contribution in [0.25, 0.3) is 11.1 Å². The average molecular weight is 434 g/mol. The van der Waals surface area contributed by atoms with E-state index in [9.17, 15) is 19.5 Å². The summed E-state index contributed by atoms with van der Waals surface area (Å²) < 4.78 is 4.93. The monoisotopic (exact) mass is 433 g/mol. The number of carbonyl (C=O) groups excluding carboxylic acids is 2. The van der Waals surface area contributed by atoms with Gasteiger partial charge in [0, 0.05) is 21.5 Å². The number of hydrogen-bond donors (Lipinski definition) is 2. The van der Waals surface area contributed by atoms with E-state index in [0.29, 0.717) is 21.2 Å². The van der Waals surface area contributed by atoms with Crippen LogP contribution in [0.3, 0.4) is 0 Å². The Labute approximate surface area is 176 Å². The zero-order chi connectivity index (χ0) is 20.7. The van der Waals surface area contributed by atoms with E-state index in [-0.39, 0.29) is 23.3 Å². The SMILES string of the molecule is COC(=O)c1c(-c2ccccc2Cl)csc1NC(=O)C1C2CCC(C2)C1C(=O)O. The summed E-state index contributed by atoms with van der Waals surface area (Å²) in [6, 6.07) is 7.12. The fraction of sp³-hybridized carbons (Fsp3) is 0.381. The van der Waals surface area contributed by atoms with Crippen LogP contribution < -0.4 is 5.32 Å². The number of methoxy groups -OCH3 is 1. The molecule has 4 atom stereocenters. The first-order valence-corrected chi connectivity index (χ1v) is 10.7. The number of thiophene rings is 1. The average Bonchev–Trinajstić information content (AvgIpc) is 3.42. The predicted molar refractivity (Wildman–Crippen MR) is 110 cm³/mol. The van der Waals surface area contributed by atoms with Gasteiger partial charge in [-0.3, -0.25) is 9.59 Å². The van der Waals surface area contributed by atoms with Crippen LogP contribution in [-0.4, -0.2) is 30.1 Å². The van der Waals surface area contributed by atoms with Gasteiger partial charge in [-0.1, -0.05) is 29.8 Å². The lowest BCUT2D eigenvalue weighted by Gasteiger charge is -2.26. The molecule has 0 saturated heterocycles. The molecule has 2 aliphatic rings. The van der Waals surface area contributed by atoms with Gasteiger partial charge in [0.1, 0.15) is 10.6 Å². The lowest BCUT2D eigenvalue weighted by Crippen LogP contribution is -2.37. The van der Waals surface area contributed by atoms with E-state index in [1.165, 1.54) is 18.4 Å². The molecule has 8 heteroatoms. The summed E-state index contributed by atoms with van der Waals surface area (Å²) in [6.07, 6.45) is 2.49. The number of halogens is 1. The Kier molecular flexibility index (Phi) is 5.36. The molecule has 0 spiro atoms. The number of carboxylic acid groups (broad SMARTS) is 1. The summed E-state index contributed by atoms with van der Waals surface area (Å²) in [5.74, 6) is -2.98. The Morgan fingerprint density at radius 1 is 1.14 bits per heavy atom. The van der Waals surface area contributed by atoms with Gasteiger partial charge in [-0.2, -0.15) is 0 Å². The van der Waals surface area contributed by atoms with Crippen LogP contribution in [0.15, 0.2) is 29.6 Å². The smallest absolute Gasteiger partial charge is 0.341 e. The minimum Gasteiger partial charge on any atom is -0.481 e. The molecule has 2 bridgehead atoms. The standard InChI is InChI=1S/C21H20ClNO5S/c1-28-21(27)17-13(12-4-2-3-5-14(12)22)9-29-19(17)23-18(24)15-10-6-7-11(8-10)16(15)20(25)26/h2-5,9-11,15-16H,6-8H2,1H3,(H,23,24)(H,25,26). The Bertz CT molecular complexity index is 987. The molecule has 0 radical (unpaired) electrons. The van der Waals surface area contributed by atoms with Crippen LogP contribution in [0.5, 0.6) is 0 Å². The third kappa shape index (κ3) is 3.42. The van der Waals surface area contributed by atoms with E-state index in [1.807, 2.05) is 6.07 Å². The zero-order valence-electron chi connectivity index (χ0n) is 15.7. The zero-order valence-corrected chi connectivity index (χ0v) is 17.3. The second-order valence-corrected chi connectivity index (χ2v) is 8.82. The summed E-state index contributed by atoms with van der Waals surface area (Å²) >= 11 is 7.50. The molecule has 1 heterocycles. The number of benzene rings is 1. The van der Waals surface area contributed by atoms with Crippen molar-refractivity contribution in [2.75, 3.05) is 12.4 Å². The summed E-state index contributed by atoms with van der Waals surface area (Å²) in [6.45, 7) is 0. The molecule has 29 heavy (non-hydrogen) atoms. The molecule has 2 fully saturated rings. The molecule has 152 valence electrons. The van der Waals surface area contributed by atoms with Crippen molar-refractivity contribution in [1.29, 1.82) is 0 Å². The van der Waals surface area contributed by atoms with E-state index in [4.69, 9.17) is 16.3 Å². The molecule has 6 nitrogen and oxygen atoms in total. The highest BCUT2D eigenvalue weighted by Crippen LogP contribution is 2.53. The molecule has 1 aromatic carbocycles. The van der Waals surface area contributed by atoms with Crippen molar-refractivity contribution >= 4 is 45.8 Å². The predicted octanol–water partition coefficient (Wildman–Crippen LogP) is 4.54. The number of fused-ring (bicyclic) bond motifs is 2. The van der Waals surface area contributed by atoms with Crippen molar-refractivity contribution in [3.8, 4) is 11.1 Å². The maximum absolute atomic E-state index is 13.0. The van der Waals surface area contributed by atoms with Gasteiger partial charge in [-0.25, -0.2) is 4.79 Å². The minimum absolute atomic E-state index is 0.0512. The number of nitrogens with one attached hydrogen (secondary N) is 1. The topological polar surface area (TPSA) is 92.7 Å². The first kappa shape index (κ1) is 19.9. The molecule has 2 aliphatic carbocycles. The van der Waals surface area contributed by atoms with Crippen LogP contribution in [0.1, 0.15) is 29.6 Å². The third-order valence-corrected chi connectivity index (χ3v) is 7.31. The van der Waals surface area contributed by atoms with E-state index in [1.54, 1.807) is 23.6 Å². The van der Waals surface area contributed by atoms with Crippen molar-refractivity contribution in [2.45, 2.75) is 19.3 Å². The van der Waals surface area contributed by atoms with Gasteiger partial charge in [0.2, 0.25) is 5.91 Å². The molecular weight excluding hydrogens is 414 g/mol.